The summed E-state index contributed by atoms with van der Waals surface area (Å²) < 4.78 is 17.2. The Balaban J connectivity index is 1.46. The number of carbonyl (C=O) groups is 1. The van der Waals surface area contributed by atoms with Gasteiger partial charge in [0.1, 0.15) is 5.75 Å². The van der Waals surface area contributed by atoms with Gasteiger partial charge >= 0.3 is 0 Å². The lowest BCUT2D eigenvalue weighted by Gasteiger charge is -2.36. The Hall–Kier alpha value is -3.43. The van der Waals surface area contributed by atoms with Crippen molar-refractivity contribution in [2.75, 3.05) is 12.4 Å². The molecule has 0 unspecified atom stereocenters. The third kappa shape index (κ3) is 4.90. The molecule has 2 aromatic heterocycles. The Kier molecular flexibility index (Phi) is 6.33. The highest BCUT2D eigenvalue weighted by Crippen LogP contribution is 2.37. The molecule has 178 valence electrons. The lowest BCUT2D eigenvalue weighted by molar-refractivity contribution is 0.101. The van der Waals surface area contributed by atoms with Crippen molar-refractivity contribution in [1.29, 1.82) is 0 Å². The minimum atomic E-state index is -1.87. The van der Waals surface area contributed by atoms with Crippen molar-refractivity contribution >= 4 is 30.8 Å². The molecule has 0 aliphatic rings. The first-order chi connectivity index (χ1) is 16.1. The number of anilines is 1. The molecular weight excluding hydrogens is 448 g/mol. The van der Waals surface area contributed by atoms with Crippen molar-refractivity contribution in [1.82, 2.24) is 15.4 Å². The molecule has 2 N–H and O–H groups in total. The summed E-state index contributed by atoms with van der Waals surface area (Å²) in [6.45, 7) is 11.6. The van der Waals surface area contributed by atoms with Crippen LogP contribution in [-0.4, -0.2) is 36.7 Å². The minimum Gasteiger partial charge on any atom is -0.495 e. The fourth-order valence-electron chi connectivity index (χ4n) is 3.21. The van der Waals surface area contributed by atoms with Gasteiger partial charge in [-0.3, -0.25) is 9.89 Å². The standard InChI is InChI=1S/C25H30N4O4Si/c1-25(2,3)34(5,6)32-15-16-7-9-20(23(11-16)31-4)27-24(30)21-13-22(33-29-21)17-8-10-19-18(12-17)14-26-28-19/h7-14H,15H2,1-6H3,(H,26,28)(H,27,30). The van der Waals surface area contributed by atoms with Crippen molar-refractivity contribution in [3.63, 3.8) is 0 Å². The van der Waals surface area contributed by atoms with Gasteiger partial charge in [-0.15, -0.1) is 0 Å². The fraction of sp³-hybridized carbons (Fsp3) is 0.320. The van der Waals surface area contributed by atoms with Gasteiger partial charge in [-0.25, -0.2) is 0 Å². The molecule has 8 nitrogen and oxygen atoms in total. The molecular formula is C25H30N4O4Si. The molecule has 0 spiro atoms. The van der Waals surface area contributed by atoms with Gasteiger partial charge in [0.15, 0.2) is 19.8 Å². The van der Waals surface area contributed by atoms with Gasteiger partial charge in [-0.05, 0) is 54.0 Å². The largest absolute Gasteiger partial charge is 0.495 e. The third-order valence-corrected chi connectivity index (χ3v) is 10.9. The average Bonchev–Trinajstić information content (AvgIpc) is 3.46. The molecule has 34 heavy (non-hydrogen) atoms. The van der Waals surface area contributed by atoms with E-state index in [2.05, 4.69) is 54.5 Å². The van der Waals surface area contributed by atoms with Crippen LogP contribution in [0.5, 0.6) is 5.75 Å². The van der Waals surface area contributed by atoms with Crippen molar-refractivity contribution < 1.29 is 18.5 Å². The molecule has 0 bridgehead atoms. The second kappa shape index (κ2) is 9.07. The van der Waals surface area contributed by atoms with Crippen LogP contribution in [0.3, 0.4) is 0 Å². The van der Waals surface area contributed by atoms with Crippen molar-refractivity contribution in [2.24, 2.45) is 0 Å². The molecule has 2 heterocycles. The summed E-state index contributed by atoms with van der Waals surface area (Å²) in [5.41, 5.74) is 3.44. The predicted octanol–water partition coefficient (Wildman–Crippen LogP) is 6.00. The van der Waals surface area contributed by atoms with Crippen LogP contribution < -0.4 is 10.1 Å². The van der Waals surface area contributed by atoms with E-state index in [-0.39, 0.29) is 16.6 Å². The maximum absolute atomic E-state index is 12.8. The van der Waals surface area contributed by atoms with Gasteiger partial charge in [0.25, 0.3) is 5.91 Å². The first-order valence-corrected chi connectivity index (χ1v) is 14.0. The highest BCUT2D eigenvalue weighted by molar-refractivity contribution is 6.74. The Morgan fingerprint density at radius 1 is 1.15 bits per heavy atom. The smallest absolute Gasteiger partial charge is 0.277 e. The molecule has 2 aromatic carbocycles. The molecule has 4 rings (SSSR count). The van der Waals surface area contributed by atoms with Crippen molar-refractivity contribution in [2.45, 2.75) is 45.5 Å². The van der Waals surface area contributed by atoms with Crippen LogP contribution in [0, 0.1) is 0 Å². The number of aromatic amines is 1. The SMILES string of the molecule is COc1cc(CO[Si](C)(C)C(C)(C)C)ccc1NC(=O)c1cc(-c2ccc3[nH]ncc3c2)on1. The number of aromatic nitrogens is 3. The summed E-state index contributed by atoms with van der Waals surface area (Å²) in [6, 6.07) is 13.0. The van der Waals surface area contributed by atoms with Crippen LogP contribution in [0.2, 0.25) is 18.1 Å². The van der Waals surface area contributed by atoms with Crippen LogP contribution in [0.25, 0.3) is 22.2 Å². The second-order valence-electron chi connectivity index (χ2n) is 9.79. The molecule has 0 aliphatic carbocycles. The summed E-state index contributed by atoms with van der Waals surface area (Å²) in [4.78, 5) is 12.8. The average molecular weight is 479 g/mol. The lowest BCUT2D eigenvalue weighted by Crippen LogP contribution is -2.40. The van der Waals surface area contributed by atoms with Crippen molar-refractivity contribution in [3.8, 4) is 17.1 Å². The minimum absolute atomic E-state index is 0.131. The van der Waals surface area contributed by atoms with Crippen molar-refractivity contribution in [3.05, 3.63) is 59.9 Å². The van der Waals surface area contributed by atoms with E-state index in [1.54, 1.807) is 19.4 Å². The van der Waals surface area contributed by atoms with E-state index in [1.165, 1.54) is 0 Å². The number of ether oxygens (including phenoxy) is 1. The van der Waals surface area contributed by atoms with E-state index in [9.17, 15) is 4.79 Å². The second-order valence-corrected chi connectivity index (χ2v) is 14.6. The van der Waals surface area contributed by atoms with Gasteiger partial charge in [-0.2, -0.15) is 5.10 Å². The van der Waals surface area contributed by atoms with E-state index in [0.29, 0.717) is 23.8 Å². The molecule has 0 aliphatic heterocycles. The number of nitrogens with zero attached hydrogens (tertiary/aromatic N) is 2. The van der Waals surface area contributed by atoms with Gasteiger partial charge < -0.3 is 19.0 Å². The quantitative estimate of drug-likeness (QED) is 0.316. The summed E-state index contributed by atoms with van der Waals surface area (Å²) in [6.07, 6.45) is 1.73. The molecule has 0 saturated carbocycles. The Morgan fingerprint density at radius 2 is 1.94 bits per heavy atom. The van der Waals surface area contributed by atoms with Gasteiger partial charge in [0, 0.05) is 17.0 Å². The summed E-state index contributed by atoms with van der Waals surface area (Å²) in [7, 11) is -0.298. The third-order valence-electron chi connectivity index (χ3n) is 6.39. The van der Waals surface area contributed by atoms with Gasteiger partial charge in [-0.1, -0.05) is 32.0 Å². The number of rotatable bonds is 7. The number of hydrogen-bond donors (Lipinski definition) is 2. The number of amides is 1. The van der Waals surface area contributed by atoms with E-state index in [1.807, 2.05) is 36.4 Å². The monoisotopic (exact) mass is 478 g/mol. The zero-order chi connectivity index (χ0) is 24.5. The molecule has 9 heteroatoms. The molecule has 1 amide bonds. The van der Waals surface area contributed by atoms with Crippen LogP contribution >= 0.6 is 0 Å². The zero-order valence-corrected chi connectivity index (χ0v) is 21.4. The normalized spacial score (nSPS) is 12.2. The summed E-state index contributed by atoms with van der Waals surface area (Å²) >= 11 is 0. The predicted molar refractivity (Wildman–Crippen MR) is 135 cm³/mol. The Labute approximate surface area is 199 Å². The van der Waals surface area contributed by atoms with E-state index < -0.39 is 8.32 Å². The van der Waals surface area contributed by atoms with Crippen LogP contribution in [-0.2, 0) is 11.0 Å². The highest BCUT2D eigenvalue weighted by atomic mass is 28.4. The first kappa shape index (κ1) is 23.7. The lowest BCUT2D eigenvalue weighted by atomic mass is 10.1. The zero-order valence-electron chi connectivity index (χ0n) is 20.4. The topological polar surface area (TPSA) is 102 Å². The first-order valence-electron chi connectivity index (χ1n) is 11.1. The van der Waals surface area contributed by atoms with Gasteiger partial charge in [0.2, 0.25) is 0 Å². The number of nitrogens with one attached hydrogen (secondary N) is 2. The molecule has 0 fully saturated rings. The maximum atomic E-state index is 12.8. The highest BCUT2D eigenvalue weighted by Gasteiger charge is 2.37. The van der Waals surface area contributed by atoms with Crippen LogP contribution in [0.1, 0.15) is 36.8 Å². The number of hydrogen-bond acceptors (Lipinski definition) is 6. The van der Waals surface area contributed by atoms with Crippen LogP contribution in [0.15, 0.2) is 53.2 Å². The molecule has 0 saturated heterocycles. The van der Waals surface area contributed by atoms with Crippen LogP contribution in [0.4, 0.5) is 5.69 Å². The number of fused-ring (bicyclic) bond motifs is 1. The van der Waals surface area contributed by atoms with E-state index in [4.69, 9.17) is 13.7 Å². The Bertz CT molecular complexity index is 1320. The molecule has 0 atom stereocenters. The fourth-order valence-corrected chi connectivity index (χ4v) is 4.17. The summed E-state index contributed by atoms with van der Waals surface area (Å²) in [5.74, 6) is 0.667. The van der Waals surface area contributed by atoms with E-state index in [0.717, 1.165) is 22.0 Å². The molecule has 4 aromatic rings. The molecule has 0 radical (unpaired) electrons. The van der Waals surface area contributed by atoms with Gasteiger partial charge in [0.05, 0.1) is 31.1 Å². The number of carbonyl (C=O) groups excluding carboxylic acids is 1. The van der Waals surface area contributed by atoms with E-state index >= 15 is 0 Å². The summed E-state index contributed by atoms with van der Waals surface area (Å²) in [5, 5.41) is 14.8. The number of H-pyrrole nitrogens is 1. The number of methoxy groups -OCH3 is 1. The Morgan fingerprint density at radius 3 is 2.68 bits per heavy atom. The maximum Gasteiger partial charge on any atom is 0.277 e. The number of benzene rings is 2.